The van der Waals surface area contributed by atoms with Crippen LogP contribution in [0.4, 0.5) is 0 Å². The van der Waals surface area contributed by atoms with Crippen molar-refractivity contribution in [1.29, 1.82) is 0 Å². The molecule has 2 rings (SSSR count). The monoisotopic (exact) mass is 229 g/mol. The lowest BCUT2D eigenvalue weighted by atomic mass is 9.80. The Morgan fingerprint density at radius 3 is 2.59 bits per heavy atom. The van der Waals surface area contributed by atoms with Gasteiger partial charge in [0.25, 0.3) is 0 Å². The van der Waals surface area contributed by atoms with Crippen LogP contribution in [0.5, 0.6) is 0 Å². The molecule has 1 aliphatic carbocycles. The van der Waals surface area contributed by atoms with Crippen LogP contribution in [0.15, 0.2) is 24.8 Å². The summed E-state index contributed by atoms with van der Waals surface area (Å²) in [4.78, 5) is 0. The van der Waals surface area contributed by atoms with Gasteiger partial charge < -0.3 is 5.73 Å². The van der Waals surface area contributed by atoms with Crippen LogP contribution in [-0.4, -0.2) is 0 Å². The molecular formula is C16H23N. The van der Waals surface area contributed by atoms with E-state index in [1.165, 1.54) is 48.8 Å². The predicted octanol–water partition coefficient (Wildman–Crippen LogP) is 4.40. The number of hydrogen-bond donors (Lipinski definition) is 1. The maximum Gasteiger partial charge on any atom is 0.0274 e. The number of benzene rings is 1. The molecule has 1 fully saturated rings. The molecule has 0 heterocycles. The highest BCUT2D eigenvalue weighted by atomic mass is 14.6. The van der Waals surface area contributed by atoms with Gasteiger partial charge in [-0.1, -0.05) is 50.1 Å². The van der Waals surface area contributed by atoms with Crippen LogP contribution < -0.4 is 5.73 Å². The van der Waals surface area contributed by atoms with Crippen molar-refractivity contribution in [2.45, 2.75) is 51.0 Å². The van der Waals surface area contributed by atoms with E-state index in [9.17, 15) is 0 Å². The van der Waals surface area contributed by atoms with Crippen molar-refractivity contribution in [1.82, 2.24) is 0 Å². The van der Waals surface area contributed by atoms with Crippen LogP contribution in [0.25, 0.3) is 6.08 Å². The molecular weight excluding hydrogens is 206 g/mol. The van der Waals surface area contributed by atoms with Gasteiger partial charge in [-0.2, -0.15) is 0 Å². The lowest BCUT2D eigenvalue weighted by Gasteiger charge is -2.26. The Morgan fingerprint density at radius 1 is 1.29 bits per heavy atom. The highest BCUT2D eigenvalue weighted by Gasteiger charge is 2.20. The summed E-state index contributed by atoms with van der Waals surface area (Å²) < 4.78 is 0. The number of rotatable bonds is 3. The van der Waals surface area contributed by atoms with E-state index >= 15 is 0 Å². The molecule has 1 unspecified atom stereocenters. The molecule has 1 heteroatoms. The van der Waals surface area contributed by atoms with Gasteiger partial charge in [-0.05, 0) is 42.4 Å². The molecule has 0 bridgehead atoms. The molecule has 1 aromatic carbocycles. The molecule has 1 aliphatic rings. The average Bonchev–Trinajstić information content (AvgIpc) is 2.38. The minimum atomic E-state index is 0.0983. The molecule has 0 aliphatic heterocycles. The van der Waals surface area contributed by atoms with Gasteiger partial charge in [0, 0.05) is 6.04 Å². The summed E-state index contributed by atoms with van der Waals surface area (Å²) in [6.45, 7) is 5.98. The Hall–Kier alpha value is -1.08. The van der Waals surface area contributed by atoms with Gasteiger partial charge in [-0.3, -0.25) is 0 Å². The fourth-order valence-electron chi connectivity index (χ4n) is 3.08. The van der Waals surface area contributed by atoms with Gasteiger partial charge in [0.05, 0.1) is 0 Å². The third kappa shape index (κ3) is 2.61. The second-order valence-electron chi connectivity index (χ2n) is 5.18. The fourth-order valence-corrected chi connectivity index (χ4v) is 3.08. The topological polar surface area (TPSA) is 26.0 Å². The average molecular weight is 229 g/mol. The molecule has 2 N–H and O–H groups in total. The van der Waals surface area contributed by atoms with E-state index in [1.807, 2.05) is 6.08 Å². The van der Waals surface area contributed by atoms with Crippen molar-refractivity contribution in [2.75, 3.05) is 0 Å². The van der Waals surface area contributed by atoms with Crippen LogP contribution in [-0.2, 0) is 0 Å². The van der Waals surface area contributed by atoms with Crippen LogP contribution >= 0.6 is 0 Å². The lowest BCUT2D eigenvalue weighted by molar-refractivity contribution is 0.440. The van der Waals surface area contributed by atoms with Crippen molar-refractivity contribution in [2.24, 2.45) is 5.73 Å². The van der Waals surface area contributed by atoms with Crippen molar-refractivity contribution < 1.29 is 0 Å². The summed E-state index contributed by atoms with van der Waals surface area (Å²) in [7, 11) is 0. The normalized spacial score (nSPS) is 18.9. The van der Waals surface area contributed by atoms with E-state index in [2.05, 4.69) is 31.7 Å². The highest BCUT2D eigenvalue weighted by Crippen LogP contribution is 2.37. The molecule has 1 aromatic rings. The van der Waals surface area contributed by atoms with Crippen LogP contribution in [0.2, 0.25) is 0 Å². The predicted molar refractivity (Wildman–Crippen MR) is 75.0 cm³/mol. The maximum absolute atomic E-state index is 6.15. The molecule has 1 atom stereocenters. The summed E-state index contributed by atoms with van der Waals surface area (Å²) in [5.74, 6) is 0.713. The zero-order valence-corrected chi connectivity index (χ0v) is 10.8. The summed E-state index contributed by atoms with van der Waals surface area (Å²) >= 11 is 0. The molecule has 0 aromatic heterocycles. The fraction of sp³-hybridized carbons (Fsp3) is 0.500. The molecule has 0 amide bonds. The van der Waals surface area contributed by atoms with E-state index in [1.54, 1.807) is 0 Å². The Balaban J connectivity index is 2.40. The highest BCUT2D eigenvalue weighted by molar-refractivity contribution is 5.56. The van der Waals surface area contributed by atoms with Crippen LogP contribution in [0, 0.1) is 0 Å². The second-order valence-corrected chi connectivity index (χ2v) is 5.18. The Bertz CT molecular complexity index is 387. The first kappa shape index (κ1) is 12.4. The number of hydrogen-bond acceptors (Lipinski definition) is 1. The van der Waals surface area contributed by atoms with Gasteiger partial charge in [-0.15, -0.1) is 0 Å². The van der Waals surface area contributed by atoms with Gasteiger partial charge in [0.1, 0.15) is 0 Å². The molecule has 0 radical (unpaired) electrons. The number of nitrogens with two attached hydrogens (primary N) is 1. The zero-order chi connectivity index (χ0) is 12.3. The molecule has 0 saturated heterocycles. The molecule has 0 spiro atoms. The van der Waals surface area contributed by atoms with Gasteiger partial charge in [0.15, 0.2) is 0 Å². The van der Waals surface area contributed by atoms with Gasteiger partial charge >= 0.3 is 0 Å². The largest absolute Gasteiger partial charge is 0.324 e. The minimum Gasteiger partial charge on any atom is -0.324 e. The summed E-state index contributed by atoms with van der Waals surface area (Å²) in [5, 5.41) is 0. The molecule has 1 saturated carbocycles. The lowest BCUT2D eigenvalue weighted by Crippen LogP contribution is -2.14. The second kappa shape index (κ2) is 5.50. The summed E-state index contributed by atoms with van der Waals surface area (Å²) in [5.41, 5.74) is 10.1. The van der Waals surface area contributed by atoms with Crippen molar-refractivity contribution in [3.63, 3.8) is 0 Å². The van der Waals surface area contributed by atoms with Gasteiger partial charge in [0.2, 0.25) is 0 Å². The van der Waals surface area contributed by atoms with E-state index in [0.29, 0.717) is 5.92 Å². The van der Waals surface area contributed by atoms with E-state index < -0.39 is 0 Å². The third-order valence-corrected chi connectivity index (χ3v) is 3.89. The first-order valence-corrected chi connectivity index (χ1v) is 6.75. The first-order chi connectivity index (χ1) is 8.24. The molecule has 17 heavy (non-hydrogen) atoms. The quantitative estimate of drug-likeness (QED) is 0.817. The Labute approximate surface area is 105 Å². The maximum atomic E-state index is 6.15. The van der Waals surface area contributed by atoms with Crippen molar-refractivity contribution in [3.05, 3.63) is 41.5 Å². The Kier molecular flexibility index (Phi) is 4.01. The van der Waals surface area contributed by atoms with Gasteiger partial charge in [-0.25, -0.2) is 0 Å². The SMILES string of the molecule is C=Cc1cccc(C2CCCCC2)c1C(C)N. The van der Waals surface area contributed by atoms with E-state index in [0.717, 1.165) is 0 Å². The Morgan fingerprint density at radius 2 is 2.00 bits per heavy atom. The first-order valence-electron chi connectivity index (χ1n) is 6.75. The minimum absolute atomic E-state index is 0.0983. The standard InChI is InChI=1S/C16H23N/c1-3-13-10-7-11-15(16(13)12(2)17)14-8-5-4-6-9-14/h3,7,10-12,14H,1,4-6,8-9,17H2,2H3. The van der Waals surface area contributed by atoms with E-state index in [-0.39, 0.29) is 6.04 Å². The summed E-state index contributed by atoms with van der Waals surface area (Å²) in [6.07, 6.45) is 8.69. The smallest absolute Gasteiger partial charge is 0.0274 e. The zero-order valence-electron chi connectivity index (χ0n) is 10.8. The van der Waals surface area contributed by atoms with Crippen LogP contribution in [0.1, 0.15) is 67.7 Å². The molecule has 1 nitrogen and oxygen atoms in total. The molecule has 92 valence electrons. The summed E-state index contributed by atoms with van der Waals surface area (Å²) in [6, 6.07) is 6.63. The van der Waals surface area contributed by atoms with E-state index in [4.69, 9.17) is 5.73 Å². The third-order valence-electron chi connectivity index (χ3n) is 3.89. The van der Waals surface area contributed by atoms with Crippen molar-refractivity contribution in [3.8, 4) is 0 Å². The van der Waals surface area contributed by atoms with Crippen molar-refractivity contribution >= 4 is 6.08 Å². The van der Waals surface area contributed by atoms with Crippen LogP contribution in [0.3, 0.4) is 0 Å².